The molecule has 8 nitrogen and oxygen atoms in total. The minimum atomic E-state index is -4.97. The van der Waals surface area contributed by atoms with Crippen LogP contribution >= 0.6 is 0 Å². The lowest BCUT2D eigenvalue weighted by molar-refractivity contribution is 0.441. The second-order valence-corrected chi connectivity index (χ2v) is 7.10. The normalized spacial score (nSPS) is 12.3. The first-order valence-electron chi connectivity index (χ1n) is 5.62. The zero-order chi connectivity index (χ0) is 16.7. The summed E-state index contributed by atoms with van der Waals surface area (Å²) in [6.45, 7) is 0. The SMILES string of the molecule is O=S(=O)(O)c1cc(-c2ccccc2O)c(O)c(S(=O)(=O)O)c1. The van der Waals surface area contributed by atoms with Gasteiger partial charge in [0.2, 0.25) is 0 Å². The van der Waals surface area contributed by atoms with E-state index in [2.05, 4.69) is 0 Å². The fraction of sp³-hybridized carbons (Fsp3) is 0. The zero-order valence-corrected chi connectivity index (χ0v) is 12.3. The molecule has 118 valence electrons. The molecule has 0 heterocycles. The summed E-state index contributed by atoms with van der Waals surface area (Å²) in [5.74, 6) is -1.33. The van der Waals surface area contributed by atoms with Crippen LogP contribution < -0.4 is 0 Å². The van der Waals surface area contributed by atoms with Crippen LogP contribution in [-0.4, -0.2) is 36.2 Å². The van der Waals surface area contributed by atoms with Crippen LogP contribution in [0.5, 0.6) is 11.5 Å². The molecule has 0 radical (unpaired) electrons. The first-order chi connectivity index (χ1) is 10.0. The molecule has 0 saturated carbocycles. The molecule has 0 atom stereocenters. The van der Waals surface area contributed by atoms with Gasteiger partial charge in [0, 0.05) is 11.1 Å². The van der Waals surface area contributed by atoms with Crippen molar-refractivity contribution in [2.45, 2.75) is 9.79 Å². The molecule has 0 saturated heterocycles. The lowest BCUT2D eigenvalue weighted by Gasteiger charge is -2.11. The van der Waals surface area contributed by atoms with E-state index in [9.17, 15) is 27.0 Å². The molecule has 0 aromatic heterocycles. The van der Waals surface area contributed by atoms with Gasteiger partial charge in [0.15, 0.2) is 0 Å². The van der Waals surface area contributed by atoms with E-state index >= 15 is 0 Å². The minimum Gasteiger partial charge on any atom is -0.507 e. The lowest BCUT2D eigenvalue weighted by atomic mass is 10.0. The van der Waals surface area contributed by atoms with Gasteiger partial charge in [-0.05, 0) is 18.2 Å². The van der Waals surface area contributed by atoms with Crippen LogP contribution in [0.1, 0.15) is 0 Å². The first kappa shape index (κ1) is 16.2. The Morgan fingerprint density at radius 2 is 1.36 bits per heavy atom. The Morgan fingerprint density at radius 3 is 1.86 bits per heavy atom. The van der Waals surface area contributed by atoms with E-state index in [1.54, 1.807) is 0 Å². The topological polar surface area (TPSA) is 149 Å². The highest BCUT2D eigenvalue weighted by molar-refractivity contribution is 7.86. The third kappa shape index (κ3) is 3.04. The summed E-state index contributed by atoms with van der Waals surface area (Å²) >= 11 is 0. The predicted octanol–water partition coefficient (Wildman–Crippen LogP) is 1.26. The van der Waals surface area contributed by atoms with Gasteiger partial charge in [-0.3, -0.25) is 9.11 Å². The van der Waals surface area contributed by atoms with E-state index in [-0.39, 0.29) is 16.9 Å². The monoisotopic (exact) mass is 346 g/mol. The number of phenols is 2. The number of hydrogen-bond acceptors (Lipinski definition) is 6. The summed E-state index contributed by atoms with van der Waals surface area (Å²) < 4.78 is 63.1. The van der Waals surface area contributed by atoms with Gasteiger partial charge in [-0.15, -0.1) is 0 Å². The van der Waals surface area contributed by atoms with Crippen LogP contribution in [-0.2, 0) is 20.2 Å². The van der Waals surface area contributed by atoms with Gasteiger partial charge in [-0.1, -0.05) is 18.2 Å². The van der Waals surface area contributed by atoms with Gasteiger partial charge in [0.25, 0.3) is 20.2 Å². The molecule has 0 bridgehead atoms. The van der Waals surface area contributed by atoms with Crippen LogP contribution in [0, 0.1) is 0 Å². The third-order valence-electron chi connectivity index (χ3n) is 2.82. The smallest absolute Gasteiger partial charge is 0.298 e. The Bertz CT molecular complexity index is 945. The second kappa shape index (κ2) is 5.25. The summed E-state index contributed by atoms with van der Waals surface area (Å²) in [7, 11) is -9.78. The van der Waals surface area contributed by atoms with Crippen molar-refractivity contribution < 1.29 is 36.2 Å². The molecule has 0 amide bonds. The maximum absolute atomic E-state index is 11.3. The number of benzene rings is 2. The molecule has 2 aromatic rings. The molecule has 0 spiro atoms. The van der Waals surface area contributed by atoms with Gasteiger partial charge in [0.05, 0.1) is 4.90 Å². The van der Waals surface area contributed by atoms with E-state index in [0.717, 1.165) is 6.07 Å². The van der Waals surface area contributed by atoms with Crippen LogP contribution in [0.4, 0.5) is 0 Å². The summed E-state index contributed by atoms with van der Waals surface area (Å²) in [6, 6.07) is 6.58. The summed E-state index contributed by atoms with van der Waals surface area (Å²) in [5, 5.41) is 19.7. The number of phenolic OH excluding ortho intramolecular Hbond substituents is 2. The number of hydrogen-bond donors (Lipinski definition) is 4. The van der Waals surface area contributed by atoms with Gasteiger partial charge in [0.1, 0.15) is 16.4 Å². The zero-order valence-electron chi connectivity index (χ0n) is 10.7. The van der Waals surface area contributed by atoms with E-state index in [4.69, 9.17) is 9.11 Å². The van der Waals surface area contributed by atoms with E-state index in [1.165, 1.54) is 24.3 Å². The van der Waals surface area contributed by atoms with Crippen molar-refractivity contribution in [1.29, 1.82) is 0 Å². The average molecular weight is 346 g/mol. The summed E-state index contributed by atoms with van der Waals surface area (Å²) in [5.41, 5.74) is -0.476. The first-order valence-corrected chi connectivity index (χ1v) is 8.50. The van der Waals surface area contributed by atoms with Crippen LogP contribution in [0.15, 0.2) is 46.2 Å². The predicted molar refractivity (Wildman–Crippen MR) is 74.8 cm³/mol. The molecule has 2 aromatic carbocycles. The molecule has 22 heavy (non-hydrogen) atoms. The molecule has 4 N–H and O–H groups in total. The number of aromatic hydroxyl groups is 2. The highest BCUT2D eigenvalue weighted by Gasteiger charge is 2.25. The number of rotatable bonds is 3. The average Bonchev–Trinajstić information content (AvgIpc) is 2.37. The maximum Gasteiger partial charge on any atom is 0.298 e. The van der Waals surface area contributed by atoms with E-state index in [0.29, 0.717) is 6.07 Å². The summed E-state index contributed by atoms with van der Waals surface area (Å²) in [4.78, 5) is -1.97. The molecule has 0 aliphatic rings. The fourth-order valence-electron chi connectivity index (χ4n) is 1.83. The highest BCUT2D eigenvalue weighted by Crippen LogP contribution is 2.40. The molecule has 2 rings (SSSR count). The fourth-order valence-corrected chi connectivity index (χ4v) is 3.07. The molecule has 0 aliphatic heterocycles. The van der Waals surface area contributed by atoms with E-state index in [1.807, 2.05) is 0 Å². The Morgan fingerprint density at radius 1 is 0.773 bits per heavy atom. The van der Waals surface area contributed by atoms with Crippen molar-refractivity contribution in [2.75, 3.05) is 0 Å². The van der Waals surface area contributed by atoms with Crippen molar-refractivity contribution in [1.82, 2.24) is 0 Å². The van der Waals surface area contributed by atoms with Gasteiger partial charge in [-0.2, -0.15) is 16.8 Å². The van der Waals surface area contributed by atoms with Gasteiger partial charge >= 0.3 is 0 Å². The maximum atomic E-state index is 11.3. The summed E-state index contributed by atoms with van der Waals surface area (Å²) in [6.07, 6.45) is 0. The molecular formula is C12H10O8S2. The van der Waals surface area contributed by atoms with E-state index < -0.39 is 35.8 Å². The largest absolute Gasteiger partial charge is 0.507 e. The Hall–Kier alpha value is -2.14. The van der Waals surface area contributed by atoms with Crippen LogP contribution in [0.2, 0.25) is 0 Å². The van der Waals surface area contributed by atoms with Crippen molar-refractivity contribution in [3.05, 3.63) is 36.4 Å². The van der Waals surface area contributed by atoms with Gasteiger partial charge in [-0.25, -0.2) is 0 Å². The van der Waals surface area contributed by atoms with Crippen molar-refractivity contribution in [3.8, 4) is 22.6 Å². The molecule has 0 aliphatic carbocycles. The standard InChI is InChI=1S/C12H10O8S2/c13-10-4-2-1-3-8(10)9-5-7(21(15,16)17)6-11(12(9)14)22(18,19)20/h1-6,13-14H,(H,15,16,17)(H,18,19,20). The molecule has 10 heteroatoms. The lowest BCUT2D eigenvalue weighted by Crippen LogP contribution is -2.05. The van der Waals surface area contributed by atoms with Crippen molar-refractivity contribution >= 4 is 20.2 Å². The Balaban J connectivity index is 2.94. The van der Waals surface area contributed by atoms with Crippen LogP contribution in [0.3, 0.4) is 0 Å². The second-order valence-electron chi connectivity index (χ2n) is 4.28. The highest BCUT2D eigenvalue weighted by atomic mass is 32.2. The quantitative estimate of drug-likeness (QED) is 0.607. The third-order valence-corrected chi connectivity index (χ3v) is 4.52. The number of para-hydroxylation sites is 1. The Kier molecular flexibility index (Phi) is 3.87. The Labute approximate surface area is 125 Å². The van der Waals surface area contributed by atoms with Gasteiger partial charge < -0.3 is 10.2 Å². The van der Waals surface area contributed by atoms with Crippen molar-refractivity contribution in [3.63, 3.8) is 0 Å². The molecule has 0 fully saturated rings. The molecular weight excluding hydrogens is 336 g/mol. The minimum absolute atomic E-state index is 0.0876. The van der Waals surface area contributed by atoms with Crippen LogP contribution in [0.25, 0.3) is 11.1 Å². The van der Waals surface area contributed by atoms with Crippen molar-refractivity contribution in [2.24, 2.45) is 0 Å². The molecule has 0 unspecified atom stereocenters.